The van der Waals surface area contributed by atoms with E-state index in [1.54, 1.807) is 0 Å². The zero-order valence-corrected chi connectivity index (χ0v) is 16.6. The van der Waals surface area contributed by atoms with E-state index in [1.165, 1.54) is 21.1 Å². The van der Waals surface area contributed by atoms with Gasteiger partial charge in [0.05, 0.1) is 20.8 Å². The van der Waals surface area contributed by atoms with Gasteiger partial charge in [-0.05, 0) is 31.6 Å². The first-order valence-corrected chi connectivity index (χ1v) is 9.76. The summed E-state index contributed by atoms with van der Waals surface area (Å²) in [6.45, 7) is 1.94. The highest BCUT2D eigenvalue weighted by Crippen LogP contribution is 2.41. The number of rotatable bonds is 11. The van der Waals surface area contributed by atoms with Crippen LogP contribution in [0.2, 0.25) is 0 Å². The van der Waals surface area contributed by atoms with Crippen LogP contribution in [-0.4, -0.2) is 38.4 Å². The highest BCUT2D eigenvalue weighted by Gasteiger charge is 2.41. The van der Waals surface area contributed by atoms with Crippen molar-refractivity contribution in [2.75, 3.05) is 20.8 Å². The lowest BCUT2D eigenvalue weighted by atomic mass is 9.94. The Morgan fingerprint density at radius 2 is 1.33 bits per heavy atom. The second kappa shape index (κ2) is 10.3. The van der Waals surface area contributed by atoms with E-state index >= 15 is 0 Å². The molecule has 0 aromatic heterocycles. The standard InChI is InChI=1S/C21H30O6/c1-14(22)27-11-9-7-5-4-6-8-10-15-12-16-17(13-15)19(24)21(26-3)20(25-2)18(16)23/h15H,4-13H2,1-3H3. The summed E-state index contributed by atoms with van der Waals surface area (Å²) in [4.78, 5) is 35.7. The average Bonchev–Trinajstić information content (AvgIpc) is 3.07. The third kappa shape index (κ3) is 5.44. The van der Waals surface area contributed by atoms with Crippen molar-refractivity contribution >= 4 is 17.5 Å². The molecule has 6 nitrogen and oxygen atoms in total. The van der Waals surface area contributed by atoms with Crippen LogP contribution in [0.25, 0.3) is 0 Å². The molecule has 0 heterocycles. The van der Waals surface area contributed by atoms with Crippen molar-refractivity contribution in [2.45, 2.75) is 64.7 Å². The maximum atomic E-state index is 12.5. The summed E-state index contributed by atoms with van der Waals surface area (Å²) in [6, 6.07) is 0. The molecule has 2 aliphatic carbocycles. The van der Waals surface area contributed by atoms with Gasteiger partial charge in [-0.3, -0.25) is 14.4 Å². The second-order valence-corrected chi connectivity index (χ2v) is 7.21. The van der Waals surface area contributed by atoms with Crippen molar-refractivity contribution < 1.29 is 28.6 Å². The first-order valence-electron chi connectivity index (χ1n) is 9.76. The lowest BCUT2D eigenvalue weighted by molar-refractivity contribution is -0.141. The molecule has 0 fully saturated rings. The maximum absolute atomic E-state index is 12.5. The number of allylic oxidation sites excluding steroid dienone is 2. The van der Waals surface area contributed by atoms with Crippen molar-refractivity contribution in [1.29, 1.82) is 0 Å². The Kier molecular flexibility index (Phi) is 8.07. The summed E-state index contributed by atoms with van der Waals surface area (Å²) < 4.78 is 15.1. The zero-order chi connectivity index (χ0) is 19.8. The molecule has 0 bridgehead atoms. The SMILES string of the molecule is COC1=C(OC)C(=O)C2=C(CC(CCCCCCCCOC(C)=O)C2)C1=O. The average molecular weight is 378 g/mol. The fourth-order valence-electron chi connectivity index (χ4n) is 3.87. The molecule has 0 saturated heterocycles. The van der Waals surface area contributed by atoms with E-state index < -0.39 is 0 Å². The first-order chi connectivity index (χ1) is 13.0. The van der Waals surface area contributed by atoms with Gasteiger partial charge in [0.15, 0.2) is 0 Å². The van der Waals surface area contributed by atoms with Gasteiger partial charge in [-0.1, -0.05) is 32.1 Å². The number of unbranched alkanes of at least 4 members (excludes halogenated alkanes) is 5. The van der Waals surface area contributed by atoms with Crippen LogP contribution >= 0.6 is 0 Å². The number of ether oxygens (including phenoxy) is 3. The molecule has 27 heavy (non-hydrogen) atoms. The number of methoxy groups -OCH3 is 2. The van der Waals surface area contributed by atoms with Gasteiger partial charge in [-0.2, -0.15) is 0 Å². The van der Waals surface area contributed by atoms with E-state index in [2.05, 4.69) is 0 Å². The molecule has 150 valence electrons. The molecule has 0 unspecified atom stereocenters. The Hall–Kier alpha value is -2.11. The predicted octanol–water partition coefficient (Wildman–Crippen LogP) is 3.64. The predicted molar refractivity (Wildman–Crippen MR) is 99.8 cm³/mol. The molecule has 2 aliphatic rings. The molecule has 0 atom stereocenters. The van der Waals surface area contributed by atoms with Crippen LogP contribution in [0.3, 0.4) is 0 Å². The molecule has 0 aromatic rings. The molecule has 0 amide bonds. The van der Waals surface area contributed by atoms with Crippen molar-refractivity contribution in [3.63, 3.8) is 0 Å². The Morgan fingerprint density at radius 1 is 0.852 bits per heavy atom. The van der Waals surface area contributed by atoms with Crippen LogP contribution in [0.5, 0.6) is 0 Å². The quantitative estimate of drug-likeness (QED) is 0.310. The Balaban J connectivity index is 1.67. The molecular weight excluding hydrogens is 348 g/mol. The van der Waals surface area contributed by atoms with Gasteiger partial charge in [0.2, 0.25) is 23.1 Å². The third-order valence-electron chi connectivity index (χ3n) is 5.24. The molecule has 2 rings (SSSR count). The van der Waals surface area contributed by atoms with E-state index in [0.29, 0.717) is 36.5 Å². The smallest absolute Gasteiger partial charge is 0.302 e. The van der Waals surface area contributed by atoms with Crippen LogP contribution in [0.4, 0.5) is 0 Å². The molecule has 0 saturated carbocycles. The Morgan fingerprint density at radius 3 is 1.81 bits per heavy atom. The maximum Gasteiger partial charge on any atom is 0.302 e. The molecule has 0 N–H and O–H groups in total. The summed E-state index contributed by atoms with van der Waals surface area (Å²) in [5.74, 6) is -0.184. The minimum absolute atomic E-state index is 0.0376. The topological polar surface area (TPSA) is 78.9 Å². The van der Waals surface area contributed by atoms with Gasteiger partial charge in [0, 0.05) is 18.1 Å². The number of esters is 1. The summed E-state index contributed by atoms with van der Waals surface area (Å²) in [7, 11) is 2.79. The number of carbonyl (C=O) groups is 3. The van der Waals surface area contributed by atoms with Gasteiger partial charge < -0.3 is 14.2 Å². The van der Waals surface area contributed by atoms with E-state index in [4.69, 9.17) is 14.2 Å². The monoisotopic (exact) mass is 378 g/mol. The minimum atomic E-state index is -0.217. The first kappa shape index (κ1) is 21.2. The van der Waals surface area contributed by atoms with E-state index in [0.717, 1.165) is 44.9 Å². The van der Waals surface area contributed by atoms with Crippen molar-refractivity contribution in [1.82, 2.24) is 0 Å². The number of hydrogen-bond donors (Lipinski definition) is 0. The van der Waals surface area contributed by atoms with Gasteiger partial charge in [0.25, 0.3) is 0 Å². The fraction of sp³-hybridized carbons (Fsp3) is 0.667. The Bertz CT molecular complexity index is 605. The van der Waals surface area contributed by atoms with Crippen LogP contribution in [0.15, 0.2) is 22.7 Å². The molecule has 6 heteroatoms. The summed E-state index contributed by atoms with van der Waals surface area (Å²) in [6.07, 6.45) is 8.85. The van der Waals surface area contributed by atoms with Crippen LogP contribution in [-0.2, 0) is 28.6 Å². The fourth-order valence-corrected chi connectivity index (χ4v) is 3.87. The number of ketones is 2. The Labute approximate surface area is 160 Å². The number of Topliss-reactive ketones (excluding diaryl/α,β-unsaturated/α-hetero) is 2. The number of carbonyl (C=O) groups excluding carboxylic acids is 3. The highest BCUT2D eigenvalue weighted by molar-refractivity contribution is 6.24. The largest absolute Gasteiger partial charge is 0.489 e. The molecule has 0 aromatic carbocycles. The molecular formula is C21H30O6. The van der Waals surface area contributed by atoms with Crippen LogP contribution in [0, 0.1) is 5.92 Å². The van der Waals surface area contributed by atoms with Crippen molar-refractivity contribution in [3.8, 4) is 0 Å². The zero-order valence-electron chi connectivity index (χ0n) is 16.6. The molecule has 0 radical (unpaired) electrons. The normalized spacial score (nSPS) is 17.4. The number of hydrogen-bond acceptors (Lipinski definition) is 6. The second-order valence-electron chi connectivity index (χ2n) is 7.21. The molecule has 0 aliphatic heterocycles. The van der Waals surface area contributed by atoms with Crippen LogP contribution < -0.4 is 0 Å². The lowest BCUT2D eigenvalue weighted by Crippen LogP contribution is -2.23. The molecule has 0 spiro atoms. The van der Waals surface area contributed by atoms with Gasteiger partial charge in [-0.15, -0.1) is 0 Å². The summed E-state index contributed by atoms with van der Waals surface area (Å²) in [5, 5.41) is 0. The van der Waals surface area contributed by atoms with Gasteiger partial charge >= 0.3 is 5.97 Å². The summed E-state index contributed by atoms with van der Waals surface area (Å²) in [5.41, 5.74) is 1.24. The minimum Gasteiger partial charge on any atom is -0.489 e. The lowest BCUT2D eigenvalue weighted by Gasteiger charge is -2.17. The van der Waals surface area contributed by atoms with E-state index in [1.807, 2.05) is 0 Å². The van der Waals surface area contributed by atoms with Crippen molar-refractivity contribution in [2.24, 2.45) is 5.92 Å². The van der Waals surface area contributed by atoms with Gasteiger partial charge in [0.1, 0.15) is 0 Å². The summed E-state index contributed by atoms with van der Waals surface area (Å²) >= 11 is 0. The van der Waals surface area contributed by atoms with E-state index in [9.17, 15) is 14.4 Å². The van der Waals surface area contributed by atoms with Crippen molar-refractivity contribution in [3.05, 3.63) is 22.7 Å². The van der Waals surface area contributed by atoms with E-state index in [-0.39, 0.29) is 29.1 Å². The van der Waals surface area contributed by atoms with Gasteiger partial charge in [-0.25, -0.2) is 0 Å². The highest BCUT2D eigenvalue weighted by atomic mass is 16.5. The van der Waals surface area contributed by atoms with Crippen LogP contribution in [0.1, 0.15) is 64.7 Å². The third-order valence-corrected chi connectivity index (χ3v) is 5.24.